The first kappa shape index (κ1) is 23.0. The van der Waals surface area contributed by atoms with Gasteiger partial charge in [-0.1, -0.05) is 35.5 Å². The summed E-state index contributed by atoms with van der Waals surface area (Å²) in [5, 5.41) is 11.0. The minimum atomic E-state index is -0.641. The molecule has 0 aliphatic heterocycles. The van der Waals surface area contributed by atoms with Crippen molar-refractivity contribution < 1.29 is 19.1 Å². The average molecular weight is 477 g/mol. The Labute approximate surface area is 198 Å². The second-order valence-electron chi connectivity index (χ2n) is 7.04. The second-order valence-corrected chi connectivity index (χ2v) is 8.05. The molecule has 0 radical (unpaired) electrons. The van der Waals surface area contributed by atoms with Gasteiger partial charge in [0.05, 0.1) is 23.8 Å². The van der Waals surface area contributed by atoms with Gasteiger partial charge in [0.25, 0.3) is 5.56 Å². The molecule has 9 nitrogen and oxygen atoms in total. The Balaban J connectivity index is 1.39. The predicted molar refractivity (Wildman–Crippen MR) is 128 cm³/mol. The molecule has 0 unspecified atom stereocenters. The van der Waals surface area contributed by atoms with E-state index in [0.717, 1.165) is 4.68 Å². The van der Waals surface area contributed by atoms with Crippen LogP contribution in [0.5, 0.6) is 5.75 Å². The van der Waals surface area contributed by atoms with E-state index in [0.29, 0.717) is 27.2 Å². The molecule has 10 heteroatoms. The lowest BCUT2D eigenvalue weighted by Crippen LogP contribution is -2.26. The average Bonchev–Trinajstić information content (AvgIpc) is 2.87. The molecule has 0 fully saturated rings. The van der Waals surface area contributed by atoms with Crippen molar-refractivity contribution in [1.29, 1.82) is 0 Å². The summed E-state index contributed by atoms with van der Waals surface area (Å²) in [6, 6.07) is 20.6. The molecule has 4 rings (SSSR count). The molecule has 4 aromatic rings. The van der Waals surface area contributed by atoms with E-state index in [9.17, 15) is 14.4 Å². The number of carbonyl (C=O) groups is 2. The van der Waals surface area contributed by atoms with Crippen molar-refractivity contribution in [1.82, 2.24) is 15.0 Å². The molecule has 1 amide bonds. The molecule has 0 saturated carbocycles. The van der Waals surface area contributed by atoms with Gasteiger partial charge in [0, 0.05) is 16.6 Å². The fraction of sp³-hybridized carbons (Fsp3) is 0.125. The lowest BCUT2D eigenvalue weighted by molar-refractivity contribution is -0.113. The number of anilines is 1. The maximum absolute atomic E-state index is 12.7. The first-order valence-electron chi connectivity index (χ1n) is 10.2. The minimum Gasteiger partial charge on any atom is -0.497 e. The van der Waals surface area contributed by atoms with Crippen LogP contribution in [0.15, 0.2) is 82.5 Å². The molecule has 172 valence electrons. The quantitative estimate of drug-likeness (QED) is 0.304. The van der Waals surface area contributed by atoms with Gasteiger partial charge in [-0.05, 0) is 36.4 Å². The number of rotatable bonds is 8. The van der Waals surface area contributed by atoms with Gasteiger partial charge in [-0.25, -0.2) is 4.79 Å². The standard InChI is InChI=1S/C24H20N4O5S/c1-32-17-8-6-7-16(13-17)25-22(29)14-34-21-12-5-3-10-19(21)24(31)33-15-28-23(30)18-9-2-4-11-20(18)26-27-28/h2-13H,14-15H2,1H3,(H,25,29). The van der Waals surface area contributed by atoms with Gasteiger partial charge in [0.2, 0.25) is 5.91 Å². The first-order valence-corrected chi connectivity index (χ1v) is 11.2. The highest BCUT2D eigenvalue weighted by Crippen LogP contribution is 2.24. The Bertz CT molecular complexity index is 1410. The second kappa shape index (κ2) is 10.6. The van der Waals surface area contributed by atoms with Gasteiger partial charge < -0.3 is 14.8 Å². The number of aromatic nitrogens is 3. The van der Waals surface area contributed by atoms with E-state index in [4.69, 9.17) is 9.47 Å². The van der Waals surface area contributed by atoms with Gasteiger partial charge in [-0.15, -0.1) is 16.9 Å². The van der Waals surface area contributed by atoms with Crippen LogP contribution in [0.25, 0.3) is 10.9 Å². The third kappa shape index (κ3) is 5.41. The van der Waals surface area contributed by atoms with Crippen molar-refractivity contribution in [3.63, 3.8) is 0 Å². The topological polar surface area (TPSA) is 112 Å². The van der Waals surface area contributed by atoms with Gasteiger partial charge in [0.1, 0.15) is 11.3 Å². The Morgan fingerprint density at radius 2 is 1.82 bits per heavy atom. The Morgan fingerprint density at radius 3 is 2.68 bits per heavy atom. The van der Waals surface area contributed by atoms with Gasteiger partial charge in [0.15, 0.2) is 6.73 Å². The molecule has 1 N–H and O–H groups in total. The molecule has 34 heavy (non-hydrogen) atoms. The fourth-order valence-electron chi connectivity index (χ4n) is 3.11. The van der Waals surface area contributed by atoms with E-state index in [1.165, 1.54) is 11.8 Å². The van der Waals surface area contributed by atoms with Crippen molar-refractivity contribution in [3.8, 4) is 5.75 Å². The number of methoxy groups -OCH3 is 1. The largest absolute Gasteiger partial charge is 0.497 e. The lowest BCUT2D eigenvalue weighted by atomic mass is 10.2. The summed E-state index contributed by atoms with van der Waals surface area (Å²) >= 11 is 1.20. The van der Waals surface area contributed by atoms with Crippen molar-refractivity contribution in [2.75, 3.05) is 18.2 Å². The lowest BCUT2D eigenvalue weighted by Gasteiger charge is -2.10. The van der Waals surface area contributed by atoms with Crippen LogP contribution in [0, 0.1) is 0 Å². The number of thioether (sulfide) groups is 1. The number of esters is 1. The molecular formula is C24H20N4O5S. The maximum atomic E-state index is 12.7. The van der Waals surface area contributed by atoms with Crippen LogP contribution in [0.2, 0.25) is 0 Å². The molecule has 0 saturated heterocycles. The number of hydrogen-bond donors (Lipinski definition) is 1. The van der Waals surface area contributed by atoms with Crippen LogP contribution in [-0.2, 0) is 16.3 Å². The maximum Gasteiger partial charge on any atom is 0.341 e. The van der Waals surface area contributed by atoms with Gasteiger partial charge in [-0.3, -0.25) is 9.59 Å². The SMILES string of the molecule is COc1cccc(NC(=O)CSc2ccccc2C(=O)OCn2nnc3ccccc3c2=O)c1. The molecule has 1 aromatic heterocycles. The molecule has 0 aliphatic rings. The molecule has 0 spiro atoms. The number of fused-ring (bicyclic) bond motifs is 1. The Morgan fingerprint density at radius 1 is 1.03 bits per heavy atom. The van der Waals surface area contributed by atoms with Gasteiger partial charge in [-0.2, -0.15) is 4.68 Å². The van der Waals surface area contributed by atoms with Crippen LogP contribution in [0.1, 0.15) is 10.4 Å². The van der Waals surface area contributed by atoms with Crippen LogP contribution in [-0.4, -0.2) is 39.7 Å². The third-order valence-electron chi connectivity index (χ3n) is 4.77. The number of benzene rings is 3. The summed E-state index contributed by atoms with van der Waals surface area (Å²) < 4.78 is 11.4. The van der Waals surface area contributed by atoms with Crippen LogP contribution in [0.3, 0.4) is 0 Å². The number of nitrogens with zero attached hydrogens (tertiary/aromatic N) is 3. The summed E-state index contributed by atoms with van der Waals surface area (Å²) in [5.74, 6) is -0.164. The summed E-state index contributed by atoms with van der Waals surface area (Å²) in [6.07, 6.45) is 0. The summed E-state index contributed by atoms with van der Waals surface area (Å²) in [4.78, 5) is 38.2. The smallest absolute Gasteiger partial charge is 0.341 e. The van der Waals surface area contributed by atoms with E-state index in [1.807, 2.05) is 0 Å². The van der Waals surface area contributed by atoms with E-state index in [1.54, 1.807) is 79.9 Å². The Kier molecular flexibility index (Phi) is 7.19. The number of hydrogen-bond acceptors (Lipinski definition) is 8. The molecule has 0 bridgehead atoms. The normalized spacial score (nSPS) is 10.6. The van der Waals surface area contributed by atoms with Crippen molar-refractivity contribution in [2.45, 2.75) is 11.6 Å². The number of nitrogens with one attached hydrogen (secondary N) is 1. The molecule has 3 aromatic carbocycles. The third-order valence-corrected chi connectivity index (χ3v) is 5.84. The summed E-state index contributed by atoms with van der Waals surface area (Å²) in [5.41, 5.74) is 0.947. The zero-order valence-corrected chi connectivity index (χ0v) is 19.0. The van der Waals surface area contributed by atoms with E-state index in [-0.39, 0.29) is 24.0 Å². The Hall–Kier alpha value is -4.18. The van der Waals surface area contributed by atoms with Crippen molar-refractivity contribution in [2.24, 2.45) is 0 Å². The number of ether oxygens (including phenoxy) is 2. The minimum absolute atomic E-state index is 0.0805. The fourth-order valence-corrected chi connectivity index (χ4v) is 3.95. The highest BCUT2D eigenvalue weighted by molar-refractivity contribution is 8.00. The zero-order chi connectivity index (χ0) is 23.9. The van der Waals surface area contributed by atoms with E-state index >= 15 is 0 Å². The van der Waals surface area contributed by atoms with E-state index < -0.39 is 11.5 Å². The highest BCUT2D eigenvalue weighted by atomic mass is 32.2. The molecule has 0 aliphatic carbocycles. The van der Waals surface area contributed by atoms with E-state index in [2.05, 4.69) is 15.6 Å². The number of carbonyl (C=O) groups excluding carboxylic acids is 2. The van der Waals surface area contributed by atoms with Crippen LogP contribution < -0.4 is 15.6 Å². The van der Waals surface area contributed by atoms with Crippen LogP contribution in [0.4, 0.5) is 5.69 Å². The summed E-state index contributed by atoms with van der Waals surface area (Å²) in [7, 11) is 1.55. The van der Waals surface area contributed by atoms with Gasteiger partial charge >= 0.3 is 5.97 Å². The highest BCUT2D eigenvalue weighted by Gasteiger charge is 2.15. The predicted octanol–water partition coefficient (Wildman–Crippen LogP) is 3.35. The van der Waals surface area contributed by atoms with Crippen LogP contribution >= 0.6 is 11.8 Å². The summed E-state index contributed by atoms with van der Waals surface area (Å²) in [6.45, 7) is -0.384. The first-order chi connectivity index (χ1) is 16.5. The molecule has 0 atom stereocenters. The molecular weight excluding hydrogens is 456 g/mol. The van der Waals surface area contributed by atoms with Crippen molar-refractivity contribution >= 4 is 40.2 Å². The monoisotopic (exact) mass is 476 g/mol. The zero-order valence-electron chi connectivity index (χ0n) is 18.1. The number of amides is 1. The molecule has 1 heterocycles. The van der Waals surface area contributed by atoms with Crippen molar-refractivity contribution in [3.05, 3.63) is 88.7 Å².